The zero-order valence-electron chi connectivity index (χ0n) is 15.3. The zero-order chi connectivity index (χ0) is 18.3. The summed E-state index contributed by atoms with van der Waals surface area (Å²) in [6.45, 7) is 2.80. The zero-order valence-corrected chi connectivity index (χ0v) is 15.3. The molecule has 0 saturated carbocycles. The fourth-order valence-corrected chi connectivity index (χ4v) is 4.60. The van der Waals surface area contributed by atoms with Gasteiger partial charge in [0, 0.05) is 18.6 Å². The number of hydrogen-bond acceptors (Lipinski definition) is 3. The number of fused-ring (bicyclic) bond motifs is 1. The van der Waals surface area contributed by atoms with Gasteiger partial charge in [0.25, 0.3) is 0 Å². The summed E-state index contributed by atoms with van der Waals surface area (Å²) in [5.41, 5.74) is 3.21. The fourth-order valence-electron chi connectivity index (χ4n) is 4.60. The second-order valence-corrected chi connectivity index (χ2v) is 7.91. The van der Waals surface area contributed by atoms with E-state index in [9.17, 15) is 4.79 Å². The summed E-state index contributed by atoms with van der Waals surface area (Å²) in [5, 5.41) is 3.33. The van der Waals surface area contributed by atoms with Gasteiger partial charge in [-0.15, -0.1) is 0 Å². The van der Waals surface area contributed by atoms with E-state index >= 15 is 0 Å². The largest absolute Gasteiger partial charge is 0.350 e. The lowest BCUT2D eigenvalue weighted by molar-refractivity contribution is -0.121. The Bertz CT molecular complexity index is 924. The molecule has 2 aliphatic rings. The van der Waals surface area contributed by atoms with Gasteiger partial charge in [0.1, 0.15) is 5.82 Å². The number of aromatic nitrogens is 2. The van der Waals surface area contributed by atoms with Gasteiger partial charge in [-0.25, -0.2) is 4.98 Å². The molecule has 3 aromatic rings. The number of rotatable bonds is 3. The molecule has 0 aliphatic carbocycles. The van der Waals surface area contributed by atoms with Crippen molar-refractivity contribution in [1.82, 2.24) is 20.2 Å². The molecule has 2 aliphatic heterocycles. The molecule has 138 valence electrons. The third-order valence-corrected chi connectivity index (χ3v) is 6.13. The molecule has 5 rings (SSSR count). The number of para-hydroxylation sites is 2. The molecule has 3 heterocycles. The number of piperidine rings is 1. The molecule has 1 spiro atoms. The van der Waals surface area contributed by atoms with Crippen LogP contribution in [0, 0.1) is 0 Å². The highest BCUT2D eigenvalue weighted by molar-refractivity contribution is 5.87. The summed E-state index contributed by atoms with van der Waals surface area (Å²) in [4.78, 5) is 23.1. The van der Waals surface area contributed by atoms with Crippen LogP contribution in [-0.2, 0) is 11.3 Å². The van der Waals surface area contributed by atoms with Gasteiger partial charge >= 0.3 is 0 Å². The molecule has 5 heteroatoms. The highest BCUT2D eigenvalue weighted by Crippen LogP contribution is 2.39. The number of nitrogens with zero attached hydrogens (tertiary/aromatic N) is 2. The van der Waals surface area contributed by atoms with E-state index in [1.54, 1.807) is 0 Å². The number of imidazole rings is 1. The van der Waals surface area contributed by atoms with Crippen LogP contribution < -0.4 is 5.32 Å². The van der Waals surface area contributed by atoms with E-state index in [1.165, 1.54) is 0 Å². The summed E-state index contributed by atoms with van der Waals surface area (Å²) < 4.78 is 0. The summed E-state index contributed by atoms with van der Waals surface area (Å²) in [5.74, 6) is 1.20. The number of likely N-dealkylation sites (tertiary alicyclic amines) is 1. The number of carbonyl (C=O) groups excluding carboxylic acids is 1. The monoisotopic (exact) mass is 360 g/mol. The molecule has 0 unspecified atom stereocenters. The number of H-pyrrole nitrogens is 1. The van der Waals surface area contributed by atoms with E-state index in [4.69, 9.17) is 4.98 Å². The van der Waals surface area contributed by atoms with Crippen molar-refractivity contribution < 1.29 is 4.79 Å². The number of carbonyl (C=O) groups is 1. The number of aromatic amines is 1. The summed E-state index contributed by atoms with van der Waals surface area (Å²) in [6.07, 6.45) is 2.92. The first-order valence-electron chi connectivity index (χ1n) is 9.74. The predicted molar refractivity (Wildman–Crippen MR) is 105 cm³/mol. The lowest BCUT2D eigenvalue weighted by Gasteiger charge is -2.39. The third-order valence-electron chi connectivity index (χ3n) is 6.13. The molecule has 2 saturated heterocycles. The lowest BCUT2D eigenvalue weighted by Crippen LogP contribution is -2.50. The second-order valence-electron chi connectivity index (χ2n) is 7.91. The Morgan fingerprint density at radius 3 is 2.56 bits per heavy atom. The molecule has 0 bridgehead atoms. The maximum Gasteiger partial charge on any atom is 0.228 e. The number of nitrogens with one attached hydrogen (secondary N) is 2. The van der Waals surface area contributed by atoms with E-state index < -0.39 is 0 Å². The minimum Gasteiger partial charge on any atom is -0.350 e. The summed E-state index contributed by atoms with van der Waals surface area (Å²) >= 11 is 0. The van der Waals surface area contributed by atoms with Crippen molar-refractivity contribution in [2.45, 2.75) is 37.3 Å². The highest BCUT2D eigenvalue weighted by atomic mass is 16.2. The molecule has 2 aromatic carbocycles. The van der Waals surface area contributed by atoms with Crippen LogP contribution in [0.1, 0.15) is 36.6 Å². The molecule has 1 atom stereocenters. The molecular weight excluding hydrogens is 336 g/mol. The normalized spacial score (nSPS) is 22.4. The Kier molecular flexibility index (Phi) is 3.97. The molecule has 1 amide bonds. The van der Waals surface area contributed by atoms with Gasteiger partial charge in [0.05, 0.1) is 23.5 Å². The molecule has 0 radical (unpaired) electrons. The molecular formula is C22H24N4O. The predicted octanol–water partition coefficient (Wildman–Crippen LogP) is 3.20. The van der Waals surface area contributed by atoms with Gasteiger partial charge in [0.2, 0.25) is 5.91 Å². The molecule has 2 N–H and O–H groups in total. The molecule has 1 aromatic heterocycles. The van der Waals surface area contributed by atoms with E-state index in [0.29, 0.717) is 0 Å². The second kappa shape index (κ2) is 6.50. The SMILES string of the molecule is O=C1NC2(CCN(Cc3nc4ccccc4[nH]3)CC2)C[C@@H]1c1ccccc1. The van der Waals surface area contributed by atoms with Crippen molar-refractivity contribution in [1.29, 1.82) is 0 Å². The molecule has 5 nitrogen and oxygen atoms in total. The average molecular weight is 360 g/mol. The maximum absolute atomic E-state index is 12.6. The minimum atomic E-state index is -0.0397. The maximum atomic E-state index is 12.6. The van der Waals surface area contributed by atoms with Crippen LogP contribution in [-0.4, -0.2) is 39.4 Å². The van der Waals surface area contributed by atoms with Crippen LogP contribution >= 0.6 is 0 Å². The first kappa shape index (κ1) is 16.5. The standard InChI is InChI=1S/C22H24N4O/c27-21-17(16-6-2-1-3-7-16)14-22(25-21)10-12-26(13-11-22)15-20-23-18-8-4-5-9-19(18)24-20/h1-9,17H,10-15H2,(H,23,24)(H,25,27)/t17-/m1/s1. The minimum absolute atomic E-state index is 0.00637. The van der Waals surface area contributed by atoms with Gasteiger partial charge in [0.15, 0.2) is 0 Å². The topological polar surface area (TPSA) is 61.0 Å². The van der Waals surface area contributed by atoms with Crippen LogP contribution in [0.15, 0.2) is 54.6 Å². The average Bonchev–Trinajstić information content (AvgIpc) is 3.25. The van der Waals surface area contributed by atoms with Crippen molar-refractivity contribution in [3.63, 3.8) is 0 Å². The smallest absolute Gasteiger partial charge is 0.228 e. The van der Waals surface area contributed by atoms with Crippen molar-refractivity contribution >= 4 is 16.9 Å². The Labute approximate surface area is 158 Å². The Morgan fingerprint density at radius 2 is 1.78 bits per heavy atom. The van der Waals surface area contributed by atoms with E-state index in [0.717, 1.165) is 61.3 Å². The number of benzene rings is 2. The fraction of sp³-hybridized carbons (Fsp3) is 0.364. The summed E-state index contributed by atoms with van der Waals surface area (Å²) in [6, 6.07) is 18.3. The summed E-state index contributed by atoms with van der Waals surface area (Å²) in [7, 11) is 0. The van der Waals surface area contributed by atoms with Crippen molar-refractivity contribution in [2.24, 2.45) is 0 Å². The lowest BCUT2D eigenvalue weighted by atomic mass is 9.82. The van der Waals surface area contributed by atoms with Gasteiger partial charge in [-0.3, -0.25) is 9.69 Å². The number of hydrogen-bond donors (Lipinski definition) is 2. The quantitative estimate of drug-likeness (QED) is 0.754. The first-order chi connectivity index (χ1) is 13.2. The van der Waals surface area contributed by atoms with Gasteiger partial charge in [-0.05, 0) is 37.0 Å². The first-order valence-corrected chi connectivity index (χ1v) is 9.74. The van der Waals surface area contributed by atoms with Gasteiger partial charge in [-0.2, -0.15) is 0 Å². The van der Waals surface area contributed by atoms with Crippen molar-refractivity contribution in [3.8, 4) is 0 Å². The van der Waals surface area contributed by atoms with Crippen LogP contribution in [0.2, 0.25) is 0 Å². The van der Waals surface area contributed by atoms with Crippen molar-refractivity contribution in [2.75, 3.05) is 13.1 Å². The van der Waals surface area contributed by atoms with Crippen LogP contribution in [0.3, 0.4) is 0 Å². The van der Waals surface area contributed by atoms with Crippen LogP contribution in [0.4, 0.5) is 0 Å². The van der Waals surface area contributed by atoms with E-state index in [1.807, 2.05) is 36.4 Å². The Hall–Kier alpha value is -2.66. The van der Waals surface area contributed by atoms with Gasteiger partial charge in [-0.1, -0.05) is 42.5 Å². The van der Waals surface area contributed by atoms with Gasteiger partial charge < -0.3 is 10.3 Å². The van der Waals surface area contributed by atoms with Crippen LogP contribution in [0.25, 0.3) is 11.0 Å². The van der Waals surface area contributed by atoms with E-state index in [-0.39, 0.29) is 17.4 Å². The molecule has 27 heavy (non-hydrogen) atoms. The van der Waals surface area contributed by atoms with Crippen molar-refractivity contribution in [3.05, 3.63) is 66.0 Å². The Balaban J connectivity index is 1.24. The van der Waals surface area contributed by atoms with E-state index in [2.05, 4.69) is 33.4 Å². The Morgan fingerprint density at radius 1 is 1.04 bits per heavy atom. The number of amides is 1. The highest BCUT2D eigenvalue weighted by Gasteiger charge is 2.46. The third kappa shape index (κ3) is 3.12. The van der Waals surface area contributed by atoms with Crippen LogP contribution in [0.5, 0.6) is 0 Å². The molecule has 2 fully saturated rings.